The maximum atomic E-state index is 13.2. The quantitative estimate of drug-likeness (QED) is 0.425. The Kier molecular flexibility index (Phi) is 6.06. The summed E-state index contributed by atoms with van der Waals surface area (Å²) in [5.74, 6) is 1.17. The smallest absolute Gasteiger partial charge is 0.257 e. The van der Waals surface area contributed by atoms with Crippen molar-refractivity contribution in [2.24, 2.45) is 0 Å². The van der Waals surface area contributed by atoms with Crippen LogP contribution in [0.5, 0.6) is 11.5 Å². The van der Waals surface area contributed by atoms with E-state index in [4.69, 9.17) is 9.47 Å². The van der Waals surface area contributed by atoms with Crippen LogP contribution in [0.4, 0.5) is 5.82 Å². The number of carbonyl (C=O) groups is 1. The molecule has 7 heteroatoms. The van der Waals surface area contributed by atoms with E-state index in [1.54, 1.807) is 7.11 Å². The number of H-pyrrole nitrogens is 1. The van der Waals surface area contributed by atoms with Gasteiger partial charge in [-0.3, -0.25) is 9.59 Å². The van der Waals surface area contributed by atoms with Gasteiger partial charge in [-0.2, -0.15) is 0 Å². The minimum atomic E-state index is -0.459. The number of amides is 1. The fourth-order valence-corrected chi connectivity index (χ4v) is 4.34. The molecule has 176 valence electrons. The number of carbonyl (C=O) groups excluding carboxylic acids is 1. The molecular formula is C28H25N3O4. The fourth-order valence-electron chi connectivity index (χ4n) is 4.34. The molecule has 0 saturated carbocycles. The van der Waals surface area contributed by atoms with E-state index in [2.05, 4.69) is 15.3 Å². The number of ether oxygens (including phenoxy) is 2. The lowest BCUT2D eigenvalue weighted by atomic mass is 9.86. The number of benzene rings is 3. The zero-order valence-corrected chi connectivity index (χ0v) is 19.5. The van der Waals surface area contributed by atoms with E-state index in [1.165, 1.54) is 0 Å². The molecule has 35 heavy (non-hydrogen) atoms. The van der Waals surface area contributed by atoms with Crippen LogP contribution >= 0.6 is 0 Å². The van der Waals surface area contributed by atoms with Crippen molar-refractivity contribution in [2.75, 3.05) is 12.4 Å². The monoisotopic (exact) mass is 467 g/mol. The summed E-state index contributed by atoms with van der Waals surface area (Å²) in [6.07, 6.45) is 0.134. The number of anilines is 1. The van der Waals surface area contributed by atoms with E-state index in [-0.39, 0.29) is 23.7 Å². The van der Waals surface area contributed by atoms with Crippen LogP contribution in [0.2, 0.25) is 0 Å². The zero-order chi connectivity index (χ0) is 24.4. The van der Waals surface area contributed by atoms with Crippen molar-refractivity contribution in [1.82, 2.24) is 9.97 Å². The van der Waals surface area contributed by atoms with Gasteiger partial charge in [-0.1, -0.05) is 60.7 Å². The van der Waals surface area contributed by atoms with E-state index >= 15 is 0 Å². The first-order valence-corrected chi connectivity index (χ1v) is 11.4. The van der Waals surface area contributed by atoms with Crippen LogP contribution < -0.4 is 20.3 Å². The number of nitrogens with one attached hydrogen (secondary N) is 2. The largest absolute Gasteiger partial charge is 0.493 e. The van der Waals surface area contributed by atoms with E-state index in [0.717, 1.165) is 22.3 Å². The number of hydrogen-bond acceptors (Lipinski definition) is 5. The second kappa shape index (κ2) is 9.46. The van der Waals surface area contributed by atoms with E-state index < -0.39 is 5.92 Å². The minimum absolute atomic E-state index is 0.134. The van der Waals surface area contributed by atoms with E-state index in [0.29, 0.717) is 29.5 Å². The molecule has 1 aliphatic heterocycles. The van der Waals surface area contributed by atoms with Gasteiger partial charge in [-0.15, -0.1) is 0 Å². The van der Waals surface area contributed by atoms with Crippen molar-refractivity contribution in [3.05, 3.63) is 105 Å². The molecule has 0 aliphatic carbocycles. The standard InChI is InChI=1S/C28H25N3O4/c1-17-8-6-7-11-20(17)16-35-22-13-12-19(14-23(22)34-2)21-15-24(32)29-27-25(21)28(33)31-26(30-27)18-9-4-3-5-10-18/h3-14,21H,15-16H2,1-2H3,(H2,29,30,31,32,33). The highest BCUT2D eigenvalue weighted by Gasteiger charge is 2.31. The van der Waals surface area contributed by atoms with Crippen LogP contribution in [0, 0.1) is 6.92 Å². The SMILES string of the molecule is COc1cc(C2CC(=O)Nc3nc(-c4ccccc4)[nH]c(=O)c32)ccc1OCc1ccccc1C. The molecule has 0 fully saturated rings. The second-order valence-corrected chi connectivity index (χ2v) is 8.47. The predicted molar refractivity (Wildman–Crippen MR) is 134 cm³/mol. The van der Waals surface area contributed by atoms with Gasteiger partial charge in [-0.25, -0.2) is 4.98 Å². The van der Waals surface area contributed by atoms with Crippen molar-refractivity contribution >= 4 is 11.7 Å². The van der Waals surface area contributed by atoms with E-state index in [1.807, 2.05) is 79.7 Å². The molecule has 1 aromatic heterocycles. The lowest BCUT2D eigenvalue weighted by Gasteiger charge is -2.25. The van der Waals surface area contributed by atoms with Crippen molar-refractivity contribution in [1.29, 1.82) is 0 Å². The number of aromatic nitrogens is 2. The summed E-state index contributed by atoms with van der Waals surface area (Å²) in [6.45, 7) is 2.45. The van der Waals surface area contributed by atoms with Gasteiger partial charge in [0.25, 0.3) is 5.56 Å². The molecule has 3 aromatic carbocycles. The number of fused-ring (bicyclic) bond motifs is 1. The summed E-state index contributed by atoms with van der Waals surface area (Å²) in [5, 5.41) is 2.77. The maximum Gasteiger partial charge on any atom is 0.257 e. The highest BCUT2D eigenvalue weighted by molar-refractivity contribution is 5.94. The van der Waals surface area contributed by atoms with Gasteiger partial charge in [0.1, 0.15) is 18.2 Å². The van der Waals surface area contributed by atoms with Crippen molar-refractivity contribution in [3.8, 4) is 22.9 Å². The molecule has 2 heterocycles. The van der Waals surface area contributed by atoms with Gasteiger partial charge < -0.3 is 19.8 Å². The van der Waals surface area contributed by atoms with Gasteiger partial charge in [0.2, 0.25) is 5.91 Å². The lowest BCUT2D eigenvalue weighted by Crippen LogP contribution is -2.31. The zero-order valence-electron chi connectivity index (χ0n) is 19.5. The first-order chi connectivity index (χ1) is 17.0. The fraction of sp³-hybridized carbons (Fsp3) is 0.179. The van der Waals surface area contributed by atoms with Gasteiger partial charge in [0, 0.05) is 17.9 Å². The molecule has 1 amide bonds. The molecule has 1 atom stereocenters. The Labute approximate surface area is 202 Å². The first-order valence-electron chi connectivity index (χ1n) is 11.4. The van der Waals surface area contributed by atoms with Crippen LogP contribution in [-0.4, -0.2) is 23.0 Å². The molecule has 2 N–H and O–H groups in total. The second-order valence-electron chi connectivity index (χ2n) is 8.47. The van der Waals surface area contributed by atoms with Gasteiger partial charge in [0.15, 0.2) is 11.5 Å². The molecule has 0 radical (unpaired) electrons. The predicted octanol–water partition coefficient (Wildman–Crippen LogP) is 4.81. The maximum absolute atomic E-state index is 13.2. The molecule has 5 rings (SSSR count). The van der Waals surface area contributed by atoms with Crippen molar-refractivity contribution in [3.63, 3.8) is 0 Å². The average molecular weight is 468 g/mol. The lowest BCUT2D eigenvalue weighted by molar-refractivity contribution is -0.116. The molecule has 0 spiro atoms. The molecule has 0 saturated heterocycles. The molecule has 4 aromatic rings. The summed E-state index contributed by atoms with van der Waals surface area (Å²) >= 11 is 0. The Bertz CT molecular complexity index is 1450. The Balaban J connectivity index is 1.48. The molecule has 0 bridgehead atoms. The Morgan fingerprint density at radius 1 is 0.971 bits per heavy atom. The van der Waals surface area contributed by atoms with Crippen molar-refractivity contribution in [2.45, 2.75) is 25.9 Å². The third-order valence-corrected chi connectivity index (χ3v) is 6.23. The number of aryl methyl sites for hydroxylation is 1. The van der Waals surface area contributed by atoms with Crippen LogP contribution in [0.15, 0.2) is 77.6 Å². The number of hydrogen-bond donors (Lipinski definition) is 2. The highest BCUT2D eigenvalue weighted by Crippen LogP contribution is 2.38. The van der Waals surface area contributed by atoms with Crippen LogP contribution in [0.3, 0.4) is 0 Å². The molecule has 1 aliphatic rings. The molecular weight excluding hydrogens is 442 g/mol. The van der Waals surface area contributed by atoms with E-state index in [9.17, 15) is 9.59 Å². The average Bonchev–Trinajstić information content (AvgIpc) is 2.88. The Morgan fingerprint density at radius 2 is 1.74 bits per heavy atom. The molecule has 1 unspecified atom stereocenters. The molecule has 7 nitrogen and oxygen atoms in total. The van der Waals surface area contributed by atoms with Crippen molar-refractivity contribution < 1.29 is 14.3 Å². The third kappa shape index (κ3) is 4.53. The van der Waals surface area contributed by atoms with Gasteiger partial charge in [0.05, 0.1) is 12.7 Å². The Morgan fingerprint density at radius 3 is 2.51 bits per heavy atom. The normalized spacial score (nSPS) is 14.7. The summed E-state index contributed by atoms with van der Waals surface area (Å²) in [5.41, 5.74) is 3.93. The van der Waals surface area contributed by atoms with Crippen LogP contribution in [-0.2, 0) is 11.4 Å². The summed E-state index contributed by atoms with van der Waals surface area (Å²) in [7, 11) is 1.57. The number of methoxy groups -OCH3 is 1. The van der Waals surface area contributed by atoms with Crippen LogP contribution in [0.1, 0.15) is 34.6 Å². The third-order valence-electron chi connectivity index (χ3n) is 6.23. The minimum Gasteiger partial charge on any atom is -0.493 e. The number of nitrogens with zero attached hydrogens (tertiary/aromatic N) is 1. The Hall–Kier alpha value is -4.39. The van der Waals surface area contributed by atoms with Crippen LogP contribution in [0.25, 0.3) is 11.4 Å². The summed E-state index contributed by atoms with van der Waals surface area (Å²) < 4.78 is 11.6. The number of rotatable bonds is 6. The highest BCUT2D eigenvalue weighted by atomic mass is 16.5. The van der Waals surface area contributed by atoms with Gasteiger partial charge in [-0.05, 0) is 35.7 Å². The van der Waals surface area contributed by atoms with Gasteiger partial charge >= 0.3 is 0 Å². The summed E-state index contributed by atoms with van der Waals surface area (Å²) in [4.78, 5) is 33.2. The topological polar surface area (TPSA) is 93.3 Å². The first kappa shape index (κ1) is 22.4. The summed E-state index contributed by atoms with van der Waals surface area (Å²) in [6, 6.07) is 22.9. The number of aromatic amines is 1.